The molecule has 1 saturated carbocycles. The number of benzene rings is 1. The Labute approximate surface area is 171 Å². The number of carboxylic acids is 1. The van der Waals surface area contributed by atoms with E-state index in [4.69, 9.17) is 5.11 Å². The van der Waals surface area contributed by atoms with Crippen LogP contribution in [-0.2, 0) is 4.79 Å². The fourth-order valence-electron chi connectivity index (χ4n) is 3.53. The highest BCUT2D eigenvalue weighted by Crippen LogP contribution is 2.25. The van der Waals surface area contributed by atoms with Crippen molar-refractivity contribution in [1.82, 2.24) is 10.2 Å². The first kappa shape index (κ1) is 22.6. The molecule has 1 heterocycles. The van der Waals surface area contributed by atoms with Crippen LogP contribution in [0.2, 0.25) is 0 Å². The number of carbonyl (C=O) groups is 1. The van der Waals surface area contributed by atoms with E-state index in [0.29, 0.717) is 0 Å². The first-order valence-corrected chi connectivity index (χ1v) is 10.8. The average Bonchev–Trinajstić information content (AvgIpc) is 3.51. The van der Waals surface area contributed by atoms with Crippen LogP contribution in [0, 0.1) is 11.3 Å². The largest absolute Gasteiger partial charge is 0.481 e. The summed E-state index contributed by atoms with van der Waals surface area (Å²) >= 11 is 0. The number of rotatable bonds is 8. The molecule has 0 spiro atoms. The van der Waals surface area contributed by atoms with Crippen molar-refractivity contribution in [1.29, 1.82) is 0 Å². The Hall–Kier alpha value is -1.65. The van der Waals surface area contributed by atoms with E-state index in [1.54, 1.807) is 0 Å². The topological polar surface area (TPSA) is 52.6 Å². The number of hydrogen-bond acceptors (Lipinski definition) is 3. The van der Waals surface area contributed by atoms with Crippen LogP contribution < -0.4 is 5.32 Å². The lowest BCUT2D eigenvalue weighted by Crippen LogP contribution is -2.45. The molecule has 0 aromatic heterocycles. The van der Waals surface area contributed by atoms with Gasteiger partial charge in [-0.2, -0.15) is 0 Å². The van der Waals surface area contributed by atoms with Crippen LogP contribution in [0.15, 0.2) is 36.4 Å². The molecule has 4 nitrogen and oxygen atoms in total. The van der Waals surface area contributed by atoms with E-state index in [1.165, 1.54) is 18.4 Å². The van der Waals surface area contributed by atoms with Gasteiger partial charge in [-0.05, 0) is 56.2 Å². The van der Waals surface area contributed by atoms with Gasteiger partial charge in [0, 0.05) is 19.1 Å². The van der Waals surface area contributed by atoms with Crippen LogP contribution >= 0.6 is 0 Å². The van der Waals surface area contributed by atoms with Gasteiger partial charge in [0.25, 0.3) is 0 Å². The molecule has 0 radical (unpaired) electrons. The fraction of sp³-hybridized carbons (Fsp3) is 0.625. The van der Waals surface area contributed by atoms with Crippen molar-refractivity contribution in [2.75, 3.05) is 26.2 Å². The normalized spacial score (nSPS) is 18.7. The summed E-state index contributed by atoms with van der Waals surface area (Å²) in [5, 5.41) is 12.6. The van der Waals surface area contributed by atoms with Gasteiger partial charge < -0.3 is 15.3 Å². The second-order valence-electron chi connectivity index (χ2n) is 8.93. The standard InChI is InChI=1S/C14H26N2O2.C10H12/c1-14(2,9-15-12-3-4-12)10-16-7-5-11(6-8-16)13(17)18;1-2-3-7-10-8-5-4-6-9-10/h11-12,15H,3-10H2,1-2H3,(H,17,18);3-9H,2H2,1H3/b;7-3-. The van der Waals surface area contributed by atoms with Crippen molar-refractivity contribution in [3.63, 3.8) is 0 Å². The maximum absolute atomic E-state index is 10.9. The quantitative estimate of drug-likeness (QED) is 0.682. The maximum Gasteiger partial charge on any atom is 0.306 e. The lowest BCUT2D eigenvalue weighted by Gasteiger charge is -2.36. The third-order valence-electron chi connectivity index (χ3n) is 5.38. The van der Waals surface area contributed by atoms with E-state index >= 15 is 0 Å². The van der Waals surface area contributed by atoms with E-state index in [2.05, 4.69) is 67.4 Å². The van der Waals surface area contributed by atoms with Crippen LogP contribution in [0.5, 0.6) is 0 Å². The Morgan fingerprint density at radius 2 is 1.82 bits per heavy atom. The SMILES string of the molecule is CC(C)(CNC1CC1)CN1CCC(C(=O)O)CC1.CC/C=C\c1ccccc1. The van der Waals surface area contributed by atoms with Crippen molar-refractivity contribution in [3.8, 4) is 0 Å². The van der Waals surface area contributed by atoms with Gasteiger partial charge in [-0.3, -0.25) is 4.79 Å². The number of nitrogens with one attached hydrogen (secondary N) is 1. The zero-order valence-corrected chi connectivity index (χ0v) is 17.9. The predicted molar refractivity (Wildman–Crippen MR) is 117 cm³/mol. The lowest BCUT2D eigenvalue weighted by molar-refractivity contribution is -0.143. The Kier molecular flexibility index (Phi) is 9.20. The number of hydrogen-bond donors (Lipinski definition) is 2. The predicted octanol–water partition coefficient (Wildman–Crippen LogP) is 4.67. The molecule has 1 saturated heterocycles. The van der Waals surface area contributed by atoms with Gasteiger partial charge in [-0.1, -0.05) is 63.3 Å². The number of carboxylic acid groups (broad SMARTS) is 1. The van der Waals surface area contributed by atoms with Crippen molar-refractivity contribution < 1.29 is 9.90 Å². The minimum Gasteiger partial charge on any atom is -0.481 e. The summed E-state index contributed by atoms with van der Waals surface area (Å²) in [6.45, 7) is 10.7. The molecule has 1 aromatic rings. The summed E-state index contributed by atoms with van der Waals surface area (Å²) in [6, 6.07) is 11.1. The molecule has 0 bridgehead atoms. The van der Waals surface area contributed by atoms with E-state index in [1.807, 2.05) is 6.07 Å². The van der Waals surface area contributed by atoms with Gasteiger partial charge in [0.1, 0.15) is 0 Å². The molecule has 2 fully saturated rings. The highest BCUT2D eigenvalue weighted by molar-refractivity contribution is 5.70. The molecule has 1 aromatic carbocycles. The van der Waals surface area contributed by atoms with E-state index in [9.17, 15) is 4.79 Å². The molecular weight excluding hydrogens is 348 g/mol. The van der Waals surface area contributed by atoms with Gasteiger partial charge in [0.2, 0.25) is 0 Å². The average molecular weight is 387 g/mol. The first-order valence-electron chi connectivity index (χ1n) is 10.8. The van der Waals surface area contributed by atoms with Gasteiger partial charge in [0.05, 0.1) is 5.92 Å². The van der Waals surface area contributed by atoms with Crippen LogP contribution in [0.1, 0.15) is 58.4 Å². The van der Waals surface area contributed by atoms with Crippen LogP contribution in [0.4, 0.5) is 0 Å². The third-order valence-corrected chi connectivity index (χ3v) is 5.38. The van der Waals surface area contributed by atoms with Gasteiger partial charge in [0.15, 0.2) is 0 Å². The van der Waals surface area contributed by atoms with Crippen LogP contribution in [0.3, 0.4) is 0 Å². The Bertz CT molecular complexity index is 600. The number of nitrogens with zero attached hydrogens (tertiary/aromatic N) is 1. The smallest absolute Gasteiger partial charge is 0.306 e. The first-order chi connectivity index (χ1) is 13.4. The van der Waals surface area contributed by atoms with E-state index < -0.39 is 5.97 Å². The molecule has 2 N–H and O–H groups in total. The lowest BCUT2D eigenvalue weighted by atomic mass is 9.90. The number of allylic oxidation sites excluding steroid dienone is 1. The monoisotopic (exact) mass is 386 g/mol. The molecule has 4 heteroatoms. The number of likely N-dealkylation sites (tertiary alicyclic amines) is 1. The molecule has 3 rings (SSSR count). The second-order valence-corrected chi connectivity index (χ2v) is 8.93. The molecule has 0 atom stereocenters. The molecule has 0 unspecified atom stereocenters. The van der Waals surface area contributed by atoms with Crippen molar-refractivity contribution in [3.05, 3.63) is 42.0 Å². The van der Waals surface area contributed by atoms with Gasteiger partial charge >= 0.3 is 5.97 Å². The Morgan fingerprint density at radius 1 is 1.18 bits per heavy atom. The Morgan fingerprint density at radius 3 is 2.36 bits per heavy atom. The highest BCUT2D eigenvalue weighted by atomic mass is 16.4. The third kappa shape index (κ3) is 9.03. The molecule has 1 aliphatic carbocycles. The zero-order valence-electron chi connectivity index (χ0n) is 17.9. The van der Waals surface area contributed by atoms with Gasteiger partial charge in [-0.15, -0.1) is 0 Å². The second kappa shape index (κ2) is 11.4. The van der Waals surface area contributed by atoms with Crippen molar-refractivity contribution >= 4 is 12.0 Å². The molecule has 156 valence electrons. The number of aliphatic carboxylic acids is 1. The van der Waals surface area contributed by atoms with Crippen LogP contribution in [0.25, 0.3) is 6.08 Å². The van der Waals surface area contributed by atoms with Crippen LogP contribution in [-0.4, -0.2) is 48.2 Å². The molecular formula is C24H38N2O2. The molecule has 1 aliphatic heterocycles. The summed E-state index contributed by atoms with van der Waals surface area (Å²) in [6.07, 6.45) is 9.69. The maximum atomic E-state index is 10.9. The summed E-state index contributed by atoms with van der Waals surface area (Å²) < 4.78 is 0. The zero-order chi connectivity index (χ0) is 20.4. The summed E-state index contributed by atoms with van der Waals surface area (Å²) in [5.41, 5.74) is 1.56. The molecule has 2 aliphatic rings. The van der Waals surface area contributed by atoms with Gasteiger partial charge in [-0.25, -0.2) is 0 Å². The minimum absolute atomic E-state index is 0.117. The van der Waals surface area contributed by atoms with E-state index in [0.717, 1.165) is 51.5 Å². The molecule has 0 amide bonds. The van der Waals surface area contributed by atoms with Crippen molar-refractivity contribution in [2.24, 2.45) is 11.3 Å². The summed E-state index contributed by atoms with van der Waals surface area (Å²) in [4.78, 5) is 13.3. The van der Waals surface area contributed by atoms with E-state index in [-0.39, 0.29) is 11.3 Å². The summed E-state index contributed by atoms with van der Waals surface area (Å²) in [7, 11) is 0. The highest BCUT2D eigenvalue weighted by Gasteiger charge is 2.30. The molecule has 28 heavy (non-hydrogen) atoms. The summed E-state index contributed by atoms with van der Waals surface area (Å²) in [5.74, 6) is -0.738. The Balaban J connectivity index is 0.000000237. The minimum atomic E-state index is -0.621. The number of piperidine rings is 1. The fourth-order valence-corrected chi connectivity index (χ4v) is 3.53. The van der Waals surface area contributed by atoms with Crippen molar-refractivity contribution in [2.45, 2.75) is 58.9 Å².